The summed E-state index contributed by atoms with van der Waals surface area (Å²) in [5.74, 6) is 5.25. The Labute approximate surface area is 224 Å². The summed E-state index contributed by atoms with van der Waals surface area (Å²) in [6, 6.07) is 10.2. The molecule has 0 atom stereocenters. The number of nitrogen functional groups attached to an aromatic ring is 1. The second-order valence-corrected chi connectivity index (χ2v) is 8.98. The molecule has 200 valence electrons. The highest BCUT2D eigenvalue weighted by molar-refractivity contribution is 6.04. The van der Waals surface area contributed by atoms with Crippen LogP contribution in [0, 0.1) is 23.2 Å². The number of halogens is 3. The maximum atomic E-state index is 13.9. The minimum Gasteiger partial charge on any atom is -0.383 e. The molecule has 3 heterocycles. The predicted molar refractivity (Wildman–Crippen MR) is 140 cm³/mol. The number of amides is 1. The van der Waals surface area contributed by atoms with Crippen LogP contribution in [0.5, 0.6) is 0 Å². The minimum absolute atomic E-state index is 0.105. The molecule has 3 aromatic rings. The summed E-state index contributed by atoms with van der Waals surface area (Å²) < 4.78 is 41.8. The lowest BCUT2D eigenvalue weighted by molar-refractivity contribution is -0.138. The van der Waals surface area contributed by atoms with E-state index in [-0.39, 0.29) is 34.9 Å². The van der Waals surface area contributed by atoms with E-state index in [0.29, 0.717) is 24.2 Å². The fourth-order valence-corrected chi connectivity index (χ4v) is 4.17. The van der Waals surface area contributed by atoms with E-state index >= 15 is 0 Å². The third-order valence-electron chi connectivity index (χ3n) is 6.38. The van der Waals surface area contributed by atoms with Crippen LogP contribution in [0.2, 0.25) is 0 Å². The summed E-state index contributed by atoms with van der Waals surface area (Å²) in [6.45, 7) is 6.14. The Morgan fingerprint density at radius 2 is 1.77 bits per heavy atom. The first kappa shape index (κ1) is 27.6. The summed E-state index contributed by atoms with van der Waals surface area (Å²) in [5, 5.41) is 11.6. The summed E-state index contributed by atoms with van der Waals surface area (Å²) in [4.78, 5) is 25.1. The van der Waals surface area contributed by atoms with Crippen LogP contribution in [0.4, 0.5) is 24.8 Å². The van der Waals surface area contributed by atoms with Gasteiger partial charge in [0.1, 0.15) is 17.7 Å². The monoisotopic (exact) mass is 533 g/mol. The zero-order valence-electron chi connectivity index (χ0n) is 21.2. The average Bonchev–Trinajstić information content (AvgIpc) is 2.93. The van der Waals surface area contributed by atoms with E-state index in [4.69, 9.17) is 11.0 Å². The van der Waals surface area contributed by atoms with E-state index in [1.165, 1.54) is 36.7 Å². The number of nitriles is 1. The van der Waals surface area contributed by atoms with Gasteiger partial charge in [-0.15, -0.1) is 0 Å². The topological polar surface area (TPSA) is 111 Å². The van der Waals surface area contributed by atoms with Crippen molar-refractivity contribution in [3.63, 3.8) is 0 Å². The molecule has 0 aliphatic carbocycles. The van der Waals surface area contributed by atoms with Crippen LogP contribution >= 0.6 is 0 Å². The molecule has 1 aliphatic heterocycles. The number of hydrogen-bond donors (Lipinski definition) is 2. The first-order chi connectivity index (χ1) is 18.7. The highest BCUT2D eigenvalue weighted by atomic mass is 19.4. The number of hydrogen-bond acceptors (Lipinski definition) is 7. The van der Waals surface area contributed by atoms with Crippen LogP contribution in [0.25, 0.3) is 0 Å². The molecule has 11 heteroatoms. The van der Waals surface area contributed by atoms with Crippen molar-refractivity contribution in [2.75, 3.05) is 43.8 Å². The van der Waals surface area contributed by atoms with Gasteiger partial charge in [0, 0.05) is 61.8 Å². The SMILES string of the molecule is CCN1CCN(Cc2ccc(C(=O)Nc3cc(C#Cc4cnc(N)c(C#N)c4)ccn3)cc2C(F)(F)F)CC1. The van der Waals surface area contributed by atoms with Crippen LogP contribution in [0.15, 0.2) is 48.8 Å². The fraction of sp³-hybridized carbons (Fsp3) is 0.286. The van der Waals surface area contributed by atoms with Crippen LogP contribution in [0.1, 0.15) is 45.1 Å². The third-order valence-corrected chi connectivity index (χ3v) is 6.38. The van der Waals surface area contributed by atoms with Crippen LogP contribution < -0.4 is 11.1 Å². The van der Waals surface area contributed by atoms with E-state index < -0.39 is 17.6 Å². The normalized spacial score (nSPS) is 14.2. The van der Waals surface area contributed by atoms with Gasteiger partial charge in [-0.3, -0.25) is 9.69 Å². The van der Waals surface area contributed by atoms with Gasteiger partial charge < -0.3 is 16.0 Å². The number of nitrogens with one attached hydrogen (secondary N) is 1. The molecule has 1 amide bonds. The van der Waals surface area contributed by atoms with E-state index in [1.807, 2.05) is 11.0 Å². The van der Waals surface area contributed by atoms with Gasteiger partial charge in [0.25, 0.3) is 5.91 Å². The number of nitrogens with two attached hydrogens (primary N) is 1. The number of carbonyl (C=O) groups is 1. The van der Waals surface area contributed by atoms with E-state index in [9.17, 15) is 18.0 Å². The second kappa shape index (κ2) is 11.9. The highest BCUT2D eigenvalue weighted by Crippen LogP contribution is 2.33. The Balaban J connectivity index is 1.49. The zero-order valence-corrected chi connectivity index (χ0v) is 21.2. The number of pyridine rings is 2. The fourth-order valence-electron chi connectivity index (χ4n) is 4.17. The summed E-state index contributed by atoms with van der Waals surface area (Å²) in [7, 11) is 0. The number of nitrogens with zero attached hydrogens (tertiary/aromatic N) is 5. The number of rotatable bonds is 5. The van der Waals surface area contributed by atoms with Gasteiger partial charge in [-0.1, -0.05) is 24.8 Å². The Hall–Kier alpha value is -4.45. The molecular formula is C28H26F3N7O. The standard InChI is InChI=1S/C28H26F3N7O/c1-2-37-9-11-38(12-10-37)18-22-6-5-21(15-24(22)28(29,30)31)27(39)36-25-14-19(7-8-34-25)3-4-20-13-23(16-32)26(33)35-17-20/h5-8,13-15,17H,2,9-12,18H2,1H3,(H2,33,35)(H,34,36,39). The molecule has 0 bridgehead atoms. The zero-order chi connectivity index (χ0) is 28.0. The van der Waals surface area contributed by atoms with Crippen molar-refractivity contribution in [1.82, 2.24) is 19.8 Å². The van der Waals surface area contributed by atoms with Crippen molar-refractivity contribution in [3.05, 3.63) is 82.2 Å². The molecule has 1 fully saturated rings. The molecule has 39 heavy (non-hydrogen) atoms. The number of piperazine rings is 1. The van der Waals surface area contributed by atoms with Crippen molar-refractivity contribution in [2.45, 2.75) is 19.6 Å². The third kappa shape index (κ3) is 7.11. The van der Waals surface area contributed by atoms with Crippen molar-refractivity contribution >= 4 is 17.5 Å². The molecule has 4 rings (SSSR count). The highest BCUT2D eigenvalue weighted by Gasteiger charge is 2.34. The molecular weight excluding hydrogens is 507 g/mol. The molecule has 0 radical (unpaired) electrons. The molecule has 1 aliphatic rings. The minimum atomic E-state index is -4.60. The van der Waals surface area contributed by atoms with Gasteiger partial charge >= 0.3 is 6.18 Å². The van der Waals surface area contributed by atoms with Gasteiger partial charge in [-0.05, 0) is 42.4 Å². The Morgan fingerprint density at radius 1 is 1.05 bits per heavy atom. The van der Waals surface area contributed by atoms with E-state index in [2.05, 4.69) is 38.9 Å². The Kier molecular flexibility index (Phi) is 8.45. The lowest BCUT2D eigenvalue weighted by Gasteiger charge is -2.34. The van der Waals surface area contributed by atoms with Crippen molar-refractivity contribution < 1.29 is 18.0 Å². The van der Waals surface area contributed by atoms with Gasteiger partial charge in [-0.25, -0.2) is 9.97 Å². The second-order valence-electron chi connectivity index (χ2n) is 8.98. The average molecular weight is 534 g/mol. The molecule has 3 N–H and O–H groups in total. The van der Waals surface area contributed by atoms with Crippen molar-refractivity contribution in [1.29, 1.82) is 5.26 Å². The molecule has 1 aromatic carbocycles. The van der Waals surface area contributed by atoms with Gasteiger partial charge in [-0.2, -0.15) is 18.4 Å². The summed E-state index contributed by atoms with van der Waals surface area (Å²) >= 11 is 0. The summed E-state index contributed by atoms with van der Waals surface area (Å²) in [6.07, 6.45) is -1.75. The maximum Gasteiger partial charge on any atom is 0.416 e. The van der Waals surface area contributed by atoms with Gasteiger partial charge in [0.15, 0.2) is 0 Å². The van der Waals surface area contributed by atoms with Crippen LogP contribution in [-0.4, -0.2) is 58.4 Å². The number of anilines is 2. The molecule has 1 saturated heterocycles. The van der Waals surface area contributed by atoms with Gasteiger partial charge in [0.05, 0.1) is 11.1 Å². The van der Waals surface area contributed by atoms with E-state index in [1.54, 1.807) is 6.07 Å². The molecule has 0 unspecified atom stereocenters. The summed E-state index contributed by atoms with van der Waals surface area (Å²) in [5.41, 5.74) is 5.96. The van der Waals surface area contributed by atoms with Crippen LogP contribution in [-0.2, 0) is 12.7 Å². The molecule has 8 nitrogen and oxygen atoms in total. The van der Waals surface area contributed by atoms with Crippen molar-refractivity contribution in [2.24, 2.45) is 0 Å². The van der Waals surface area contributed by atoms with Crippen LogP contribution in [0.3, 0.4) is 0 Å². The Morgan fingerprint density at radius 3 is 2.46 bits per heavy atom. The quantitative estimate of drug-likeness (QED) is 0.481. The molecule has 0 spiro atoms. The first-order valence-corrected chi connectivity index (χ1v) is 12.3. The predicted octanol–water partition coefficient (Wildman–Crippen LogP) is 3.74. The number of benzene rings is 1. The number of alkyl halides is 3. The molecule has 0 saturated carbocycles. The molecule has 2 aromatic heterocycles. The smallest absolute Gasteiger partial charge is 0.383 e. The number of likely N-dealkylation sites (N-methyl/N-ethyl adjacent to an activating group) is 1. The largest absolute Gasteiger partial charge is 0.416 e. The number of aromatic nitrogens is 2. The lowest BCUT2D eigenvalue weighted by atomic mass is 10.0. The van der Waals surface area contributed by atoms with E-state index in [0.717, 1.165) is 25.7 Å². The lowest BCUT2D eigenvalue weighted by Crippen LogP contribution is -2.45. The Bertz CT molecular complexity index is 1460. The number of carbonyl (C=O) groups excluding carboxylic acids is 1. The van der Waals surface area contributed by atoms with Crippen molar-refractivity contribution in [3.8, 4) is 17.9 Å². The maximum absolute atomic E-state index is 13.9. The first-order valence-electron chi connectivity index (χ1n) is 12.3. The van der Waals surface area contributed by atoms with Gasteiger partial charge in [0.2, 0.25) is 0 Å².